The highest BCUT2D eigenvalue weighted by molar-refractivity contribution is 6.11. The number of fused-ring (bicyclic) bond motifs is 2. The van der Waals surface area contributed by atoms with Gasteiger partial charge in [0.05, 0.1) is 12.1 Å². The van der Waals surface area contributed by atoms with E-state index in [1.54, 1.807) is 18.2 Å². The molecular formula is C24H21N3O4. The summed E-state index contributed by atoms with van der Waals surface area (Å²) in [7, 11) is 0. The van der Waals surface area contributed by atoms with Gasteiger partial charge in [0.2, 0.25) is 6.79 Å². The van der Waals surface area contributed by atoms with Crippen LogP contribution in [0.3, 0.4) is 0 Å². The summed E-state index contributed by atoms with van der Waals surface area (Å²) in [6.07, 6.45) is 0.768. The lowest BCUT2D eigenvalue weighted by molar-refractivity contribution is 0.102. The summed E-state index contributed by atoms with van der Waals surface area (Å²) in [5.41, 5.74) is 1.93. The molecule has 5 rings (SSSR count). The Balaban J connectivity index is 1.30. The van der Waals surface area contributed by atoms with Gasteiger partial charge in [-0.3, -0.25) is 9.48 Å². The number of hydrogen-bond donors (Lipinski definition) is 1. The lowest BCUT2D eigenvalue weighted by Crippen LogP contribution is -2.14. The van der Waals surface area contributed by atoms with Crippen LogP contribution < -0.4 is 19.5 Å². The minimum atomic E-state index is -0.269. The molecule has 7 nitrogen and oxygen atoms in total. The average molecular weight is 415 g/mol. The van der Waals surface area contributed by atoms with Crippen LogP contribution in [0.4, 0.5) is 5.69 Å². The fourth-order valence-corrected chi connectivity index (χ4v) is 3.55. The number of para-hydroxylation sites is 2. The molecule has 31 heavy (non-hydrogen) atoms. The van der Waals surface area contributed by atoms with Crippen molar-refractivity contribution < 1.29 is 19.0 Å². The van der Waals surface area contributed by atoms with Gasteiger partial charge in [0, 0.05) is 30.1 Å². The van der Waals surface area contributed by atoms with Gasteiger partial charge in [0.1, 0.15) is 5.75 Å². The second-order valence-corrected chi connectivity index (χ2v) is 7.13. The summed E-state index contributed by atoms with van der Waals surface area (Å²) in [5.74, 6) is 1.86. The van der Waals surface area contributed by atoms with E-state index in [9.17, 15) is 4.79 Å². The molecule has 7 heteroatoms. The van der Waals surface area contributed by atoms with Crippen LogP contribution in [-0.4, -0.2) is 29.1 Å². The first kappa shape index (κ1) is 19.0. The molecule has 0 aliphatic carbocycles. The Morgan fingerprint density at radius 1 is 1.00 bits per heavy atom. The van der Waals surface area contributed by atoms with Crippen molar-refractivity contribution in [1.82, 2.24) is 9.78 Å². The summed E-state index contributed by atoms with van der Waals surface area (Å²) >= 11 is 0. The molecule has 3 aromatic carbocycles. The number of nitrogens with one attached hydrogen (secondary N) is 1. The van der Waals surface area contributed by atoms with Gasteiger partial charge in [-0.25, -0.2) is 0 Å². The van der Waals surface area contributed by atoms with Crippen LogP contribution in [0.2, 0.25) is 0 Å². The minimum Gasteiger partial charge on any atom is -0.494 e. The van der Waals surface area contributed by atoms with Gasteiger partial charge < -0.3 is 19.5 Å². The van der Waals surface area contributed by atoms with E-state index >= 15 is 0 Å². The summed E-state index contributed by atoms with van der Waals surface area (Å²) < 4.78 is 18.3. The van der Waals surface area contributed by atoms with Crippen molar-refractivity contribution in [2.45, 2.75) is 13.0 Å². The first-order valence-corrected chi connectivity index (χ1v) is 10.1. The number of amides is 1. The third-order valence-electron chi connectivity index (χ3n) is 5.03. The van der Waals surface area contributed by atoms with E-state index < -0.39 is 0 Å². The number of ether oxygens (including phenoxy) is 3. The van der Waals surface area contributed by atoms with Crippen molar-refractivity contribution in [2.75, 3.05) is 18.7 Å². The van der Waals surface area contributed by atoms with E-state index in [-0.39, 0.29) is 12.7 Å². The molecule has 0 saturated heterocycles. The predicted molar refractivity (Wildman–Crippen MR) is 117 cm³/mol. The summed E-state index contributed by atoms with van der Waals surface area (Å²) in [6.45, 7) is 1.40. The highest BCUT2D eigenvalue weighted by atomic mass is 16.7. The molecule has 0 bridgehead atoms. The van der Waals surface area contributed by atoms with E-state index in [0.29, 0.717) is 36.0 Å². The second kappa shape index (κ2) is 8.39. The van der Waals surface area contributed by atoms with E-state index in [1.807, 2.05) is 59.3 Å². The third-order valence-corrected chi connectivity index (χ3v) is 5.03. The zero-order valence-corrected chi connectivity index (χ0v) is 16.8. The van der Waals surface area contributed by atoms with Crippen molar-refractivity contribution >= 4 is 22.5 Å². The second-order valence-electron chi connectivity index (χ2n) is 7.13. The minimum absolute atomic E-state index is 0.190. The maximum absolute atomic E-state index is 13.0. The van der Waals surface area contributed by atoms with E-state index in [4.69, 9.17) is 14.2 Å². The van der Waals surface area contributed by atoms with Gasteiger partial charge in [0.25, 0.3) is 5.91 Å². The maximum Gasteiger partial charge on any atom is 0.276 e. The molecule has 1 aliphatic rings. The van der Waals surface area contributed by atoms with Gasteiger partial charge >= 0.3 is 0 Å². The molecule has 0 radical (unpaired) electrons. The molecule has 0 atom stereocenters. The topological polar surface area (TPSA) is 74.6 Å². The van der Waals surface area contributed by atoms with Crippen LogP contribution in [-0.2, 0) is 6.54 Å². The molecule has 4 aromatic rings. The number of benzene rings is 3. The Morgan fingerprint density at radius 2 is 1.81 bits per heavy atom. The molecule has 0 saturated carbocycles. The Bertz CT molecular complexity index is 1220. The van der Waals surface area contributed by atoms with E-state index in [0.717, 1.165) is 23.1 Å². The van der Waals surface area contributed by atoms with Crippen LogP contribution in [0.1, 0.15) is 16.9 Å². The summed E-state index contributed by atoms with van der Waals surface area (Å²) in [5, 5.41) is 8.31. The van der Waals surface area contributed by atoms with Gasteiger partial charge in [-0.1, -0.05) is 36.4 Å². The highest BCUT2D eigenvalue weighted by Gasteiger charge is 2.19. The van der Waals surface area contributed by atoms with Crippen LogP contribution in [0.15, 0.2) is 72.8 Å². The van der Waals surface area contributed by atoms with Crippen molar-refractivity contribution in [3.63, 3.8) is 0 Å². The molecule has 2 heterocycles. The summed E-state index contributed by atoms with van der Waals surface area (Å²) in [6, 6.07) is 22.8. The Hall–Kier alpha value is -4.00. The van der Waals surface area contributed by atoms with Crippen molar-refractivity contribution in [3.05, 3.63) is 78.5 Å². The Kier molecular flexibility index (Phi) is 5.14. The lowest BCUT2D eigenvalue weighted by Gasteiger charge is -2.07. The lowest BCUT2D eigenvalue weighted by atomic mass is 10.2. The fourth-order valence-electron chi connectivity index (χ4n) is 3.55. The van der Waals surface area contributed by atoms with Crippen LogP contribution in [0, 0.1) is 0 Å². The fraction of sp³-hybridized carbons (Fsp3) is 0.167. The first-order chi connectivity index (χ1) is 15.3. The summed E-state index contributed by atoms with van der Waals surface area (Å²) in [4.78, 5) is 13.0. The molecule has 1 aliphatic heterocycles. The number of anilines is 1. The SMILES string of the molecule is O=C(Nc1ccc2c(c1)OCO2)c1nn(CCCOc2ccccc2)c2ccccc12. The quantitative estimate of drug-likeness (QED) is 0.450. The molecule has 1 aromatic heterocycles. The average Bonchev–Trinajstić information content (AvgIpc) is 3.42. The number of hydrogen-bond acceptors (Lipinski definition) is 5. The van der Waals surface area contributed by atoms with E-state index in [1.165, 1.54) is 0 Å². The highest BCUT2D eigenvalue weighted by Crippen LogP contribution is 2.34. The smallest absolute Gasteiger partial charge is 0.276 e. The number of aromatic nitrogens is 2. The number of rotatable bonds is 7. The zero-order valence-electron chi connectivity index (χ0n) is 16.8. The monoisotopic (exact) mass is 415 g/mol. The zero-order chi connectivity index (χ0) is 21.0. The van der Waals surface area contributed by atoms with Gasteiger partial charge in [-0.2, -0.15) is 5.10 Å². The largest absolute Gasteiger partial charge is 0.494 e. The molecule has 0 fully saturated rings. The molecule has 0 spiro atoms. The normalized spacial score (nSPS) is 12.1. The molecule has 0 unspecified atom stereocenters. The Labute approximate surface area is 179 Å². The predicted octanol–water partition coefficient (Wildman–Crippen LogP) is 4.49. The molecule has 156 valence electrons. The standard InChI is InChI=1S/C24H21N3O4/c28-24(25-17-11-12-21-22(15-17)31-16-30-21)23-19-9-4-5-10-20(19)27(26-23)13-6-14-29-18-7-2-1-3-8-18/h1-5,7-12,15H,6,13-14,16H2,(H,25,28). The number of aryl methyl sites for hydroxylation is 1. The van der Waals surface area contributed by atoms with Gasteiger partial charge in [-0.15, -0.1) is 0 Å². The molecular weight excluding hydrogens is 394 g/mol. The number of carbonyl (C=O) groups is 1. The van der Waals surface area contributed by atoms with Gasteiger partial charge in [-0.05, 0) is 30.3 Å². The number of nitrogens with zero attached hydrogens (tertiary/aromatic N) is 2. The van der Waals surface area contributed by atoms with Crippen LogP contribution >= 0.6 is 0 Å². The van der Waals surface area contributed by atoms with Crippen molar-refractivity contribution in [2.24, 2.45) is 0 Å². The van der Waals surface area contributed by atoms with Crippen molar-refractivity contribution in [1.29, 1.82) is 0 Å². The first-order valence-electron chi connectivity index (χ1n) is 10.1. The Morgan fingerprint density at radius 3 is 2.71 bits per heavy atom. The third kappa shape index (κ3) is 4.02. The van der Waals surface area contributed by atoms with Crippen molar-refractivity contribution in [3.8, 4) is 17.2 Å². The van der Waals surface area contributed by atoms with E-state index in [2.05, 4.69) is 10.4 Å². The molecule has 1 N–H and O–H groups in total. The number of carbonyl (C=O) groups excluding carboxylic acids is 1. The maximum atomic E-state index is 13.0. The van der Waals surface area contributed by atoms with Crippen LogP contribution in [0.25, 0.3) is 10.9 Å². The van der Waals surface area contributed by atoms with Gasteiger partial charge in [0.15, 0.2) is 17.2 Å². The van der Waals surface area contributed by atoms with Crippen LogP contribution in [0.5, 0.6) is 17.2 Å². The molecule has 1 amide bonds.